The fraction of sp³-hybridized carbons (Fsp3) is 0.333. The Bertz CT molecular complexity index is 418. The molecule has 0 saturated carbocycles. The van der Waals surface area contributed by atoms with Crippen molar-refractivity contribution in [1.29, 1.82) is 0 Å². The number of nitrogens with one attached hydrogen (secondary N) is 1. The molecule has 0 radical (unpaired) electrons. The third-order valence-electron chi connectivity index (χ3n) is 2.49. The lowest BCUT2D eigenvalue weighted by Crippen LogP contribution is -2.57. The predicted molar refractivity (Wildman–Crippen MR) is 54.9 cm³/mol. The van der Waals surface area contributed by atoms with Gasteiger partial charge in [-0.1, -0.05) is 17.7 Å². The molecular formula is C9H9ClN2O3. The molecule has 0 aromatic heterocycles. The number of β-amino-alcohol motifs (C(OH)–C–C–N with tert-alkyl or cyclic N) is 1. The SMILES string of the molecule is O=[N+]([O-])c1cccc(Cl)c1C1(O)CNC1. The standard InChI is InChI=1S/C9H9ClN2O3/c10-6-2-1-3-7(12(14)15)8(6)9(13)4-11-5-9/h1-3,11,13H,4-5H2. The molecule has 2 rings (SSSR count). The molecule has 0 spiro atoms. The normalized spacial score (nSPS) is 18.3. The quantitative estimate of drug-likeness (QED) is 0.586. The first-order valence-electron chi connectivity index (χ1n) is 4.41. The first-order chi connectivity index (χ1) is 7.04. The van der Waals surface area contributed by atoms with Gasteiger partial charge in [0.15, 0.2) is 0 Å². The molecule has 0 amide bonds. The van der Waals surface area contributed by atoms with Crippen molar-refractivity contribution < 1.29 is 10.0 Å². The summed E-state index contributed by atoms with van der Waals surface area (Å²) in [7, 11) is 0. The van der Waals surface area contributed by atoms with E-state index in [0.29, 0.717) is 0 Å². The highest BCUT2D eigenvalue weighted by Gasteiger charge is 2.42. The van der Waals surface area contributed by atoms with Gasteiger partial charge < -0.3 is 10.4 Å². The summed E-state index contributed by atoms with van der Waals surface area (Å²) in [4.78, 5) is 10.2. The van der Waals surface area contributed by atoms with Crippen LogP contribution in [0.4, 0.5) is 5.69 Å². The largest absolute Gasteiger partial charge is 0.382 e. The molecule has 0 aliphatic carbocycles. The van der Waals surface area contributed by atoms with Gasteiger partial charge in [0, 0.05) is 19.2 Å². The van der Waals surface area contributed by atoms with Crippen molar-refractivity contribution in [2.24, 2.45) is 0 Å². The summed E-state index contributed by atoms with van der Waals surface area (Å²) in [5.41, 5.74) is -1.14. The lowest BCUT2D eigenvalue weighted by atomic mass is 9.87. The van der Waals surface area contributed by atoms with E-state index >= 15 is 0 Å². The zero-order chi connectivity index (χ0) is 11.1. The third-order valence-corrected chi connectivity index (χ3v) is 2.80. The summed E-state index contributed by atoms with van der Waals surface area (Å²) in [5.74, 6) is 0. The molecule has 15 heavy (non-hydrogen) atoms. The number of nitro benzene ring substituents is 1. The summed E-state index contributed by atoms with van der Waals surface area (Å²) in [6.07, 6.45) is 0. The zero-order valence-electron chi connectivity index (χ0n) is 7.74. The molecule has 1 aliphatic rings. The minimum Gasteiger partial charge on any atom is -0.382 e. The van der Waals surface area contributed by atoms with Gasteiger partial charge in [0.1, 0.15) is 5.60 Å². The van der Waals surface area contributed by atoms with Crippen LogP contribution in [0.25, 0.3) is 0 Å². The summed E-state index contributed by atoms with van der Waals surface area (Å²) in [5, 5.41) is 23.9. The van der Waals surface area contributed by atoms with Gasteiger partial charge in [0.05, 0.1) is 15.5 Å². The van der Waals surface area contributed by atoms with E-state index in [2.05, 4.69) is 5.32 Å². The van der Waals surface area contributed by atoms with Crippen LogP contribution < -0.4 is 5.32 Å². The molecule has 0 atom stereocenters. The maximum absolute atomic E-state index is 10.8. The van der Waals surface area contributed by atoms with Crippen molar-refractivity contribution in [3.05, 3.63) is 38.9 Å². The average molecular weight is 229 g/mol. The van der Waals surface area contributed by atoms with Crippen LogP contribution in [0.3, 0.4) is 0 Å². The zero-order valence-corrected chi connectivity index (χ0v) is 8.49. The van der Waals surface area contributed by atoms with E-state index in [1.165, 1.54) is 12.1 Å². The van der Waals surface area contributed by atoms with Crippen LogP contribution in [-0.2, 0) is 5.60 Å². The van der Waals surface area contributed by atoms with Crippen LogP contribution in [0.15, 0.2) is 18.2 Å². The smallest absolute Gasteiger partial charge is 0.277 e. The fourth-order valence-electron chi connectivity index (χ4n) is 1.66. The highest BCUT2D eigenvalue weighted by atomic mass is 35.5. The van der Waals surface area contributed by atoms with Crippen molar-refractivity contribution in [2.75, 3.05) is 13.1 Å². The van der Waals surface area contributed by atoms with Gasteiger partial charge in [0.25, 0.3) is 5.69 Å². The van der Waals surface area contributed by atoms with Crippen LogP contribution >= 0.6 is 11.6 Å². The van der Waals surface area contributed by atoms with Gasteiger partial charge in [-0.3, -0.25) is 10.1 Å². The van der Waals surface area contributed by atoms with E-state index < -0.39 is 10.5 Å². The Morgan fingerprint density at radius 3 is 2.67 bits per heavy atom. The fourth-order valence-corrected chi connectivity index (χ4v) is 2.01. The maximum Gasteiger partial charge on any atom is 0.277 e. The van der Waals surface area contributed by atoms with Gasteiger partial charge >= 0.3 is 0 Å². The van der Waals surface area contributed by atoms with Gasteiger partial charge in [0.2, 0.25) is 0 Å². The number of nitro groups is 1. The number of rotatable bonds is 2. The van der Waals surface area contributed by atoms with Crippen LogP contribution in [0.1, 0.15) is 5.56 Å². The van der Waals surface area contributed by atoms with Crippen molar-refractivity contribution in [3.63, 3.8) is 0 Å². The predicted octanol–water partition coefficient (Wildman–Crippen LogP) is 1.04. The number of hydrogen-bond donors (Lipinski definition) is 2. The molecule has 1 aromatic rings. The topological polar surface area (TPSA) is 75.4 Å². The Morgan fingerprint density at radius 1 is 1.53 bits per heavy atom. The van der Waals surface area contributed by atoms with E-state index in [4.69, 9.17) is 11.6 Å². The molecular weight excluding hydrogens is 220 g/mol. The molecule has 0 unspecified atom stereocenters. The number of benzene rings is 1. The highest BCUT2D eigenvalue weighted by Crippen LogP contribution is 2.37. The summed E-state index contributed by atoms with van der Waals surface area (Å²) in [6.45, 7) is 0.579. The highest BCUT2D eigenvalue weighted by molar-refractivity contribution is 6.31. The molecule has 5 nitrogen and oxygen atoms in total. The Hall–Kier alpha value is -1.17. The number of nitrogens with zero attached hydrogens (tertiary/aromatic N) is 1. The van der Waals surface area contributed by atoms with Crippen LogP contribution in [0.5, 0.6) is 0 Å². The third kappa shape index (κ3) is 1.58. The second-order valence-corrected chi connectivity index (χ2v) is 3.93. The first-order valence-corrected chi connectivity index (χ1v) is 4.79. The van der Waals surface area contributed by atoms with E-state index in [-0.39, 0.29) is 29.4 Å². The molecule has 0 bridgehead atoms. The number of aliphatic hydroxyl groups is 1. The molecule has 2 N–H and O–H groups in total. The number of halogens is 1. The van der Waals surface area contributed by atoms with Gasteiger partial charge in [-0.15, -0.1) is 0 Å². The summed E-state index contributed by atoms with van der Waals surface area (Å²) in [6, 6.07) is 4.39. The lowest BCUT2D eigenvalue weighted by Gasteiger charge is -2.37. The molecule has 1 fully saturated rings. The Labute approximate surface area is 90.8 Å². The van der Waals surface area contributed by atoms with E-state index in [9.17, 15) is 15.2 Å². The number of hydrogen-bond acceptors (Lipinski definition) is 4. The van der Waals surface area contributed by atoms with Crippen LogP contribution in [0, 0.1) is 10.1 Å². The average Bonchev–Trinajstić information content (AvgIpc) is 2.14. The van der Waals surface area contributed by atoms with Crippen molar-refractivity contribution in [3.8, 4) is 0 Å². The molecule has 80 valence electrons. The minimum atomic E-state index is -1.21. The summed E-state index contributed by atoms with van der Waals surface area (Å²) < 4.78 is 0. The Balaban J connectivity index is 2.57. The van der Waals surface area contributed by atoms with E-state index in [1.54, 1.807) is 6.07 Å². The van der Waals surface area contributed by atoms with Crippen molar-refractivity contribution >= 4 is 17.3 Å². The van der Waals surface area contributed by atoms with E-state index in [0.717, 1.165) is 0 Å². The first kappa shape index (κ1) is 10.4. The molecule has 1 saturated heterocycles. The molecule has 6 heteroatoms. The van der Waals surface area contributed by atoms with E-state index in [1.807, 2.05) is 0 Å². The maximum atomic E-state index is 10.8. The molecule has 1 aliphatic heterocycles. The Morgan fingerprint density at radius 2 is 2.20 bits per heavy atom. The van der Waals surface area contributed by atoms with Gasteiger partial charge in [-0.05, 0) is 6.07 Å². The molecule has 1 heterocycles. The summed E-state index contributed by atoms with van der Waals surface area (Å²) >= 11 is 5.88. The van der Waals surface area contributed by atoms with Crippen molar-refractivity contribution in [2.45, 2.75) is 5.60 Å². The van der Waals surface area contributed by atoms with Gasteiger partial charge in [-0.2, -0.15) is 0 Å². The monoisotopic (exact) mass is 228 g/mol. The van der Waals surface area contributed by atoms with Crippen molar-refractivity contribution in [1.82, 2.24) is 5.32 Å². The minimum absolute atomic E-state index is 0.133. The van der Waals surface area contributed by atoms with Crippen LogP contribution in [-0.4, -0.2) is 23.1 Å². The lowest BCUT2D eigenvalue weighted by molar-refractivity contribution is -0.386. The second kappa shape index (κ2) is 3.44. The second-order valence-electron chi connectivity index (χ2n) is 3.53. The molecule has 1 aromatic carbocycles. The van der Waals surface area contributed by atoms with Crippen LogP contribution in [0.2, 0.25) is 5.02 Å². The van der Waals surface area contributed by atoms with Gasteiger partial charge in [-0.25, -0.2) is 0 Å². The Kier molecular flexibility index (Phi) is 2.38.